The number of hydrogen-bond acceptors (Lipinski definition) is 3. The first kappa shape index (κ1) is 14.8. The molecule has 7 heteroatoms. The second-order valence-electron chi connectivity index (χ2n) is 4.08. The highest BCUT2D eigenvalue weighted by atomic mass is 35.5. The summed E-state index contributed by atoms with van der Waals surface area (Å²) in [5, 5.41) is 4.59. The summed E-state index contributed by atoms with van der Waals surface area (Å²) in [6.07, 6.45) is 2.46. The van der Waals surface area contributed by atoms with Crippen molar-refractivity contribution in [2.24, 2.45) is 0 Å². The second kappa shape index (κ2) is 7.92. The zero-order valence-corrected chi connectivity index (χ0v) is 11.0. The van der Waals surface area contributed by atoms with Crippen LogP contribution in [0.4, 0.5) is 4.79 Å². The lowest BCUT2D eigenvalue weighted by Gasteiger charge is -2.15. The molecule has 0 bridgehead atoms. The molecule has 102 valence electrons. The van der Waals surface area contributed by atoms with E-state index in [-0.39, 0.29) is 31.2 Å². The van der Waals surface area contributed by atoms with Crippen LogP contribution in [0.5, 0.6) is 0 Å². The molecule has 0 atom stereocenters. The lowest BCUT2D eigenvalue weighted by atomic mass is 10.3. The van der Waals surface area contributed by atoms with Crippen LogP contribution in [0, 0.1) is 0 Å². The van der Waals surface area contributed by atoms with Crippen LogP contribution >= 0.6 is 11.6 Å². The summed E-state index contributed by atoms with van der Waals surface area (Å²) >= 11 is 5.36. The van der Waals surface area contributed by atoms with Gasteiger partial charge in [0.05, 0.1) is 0 Å². The van der Waals surface area contributed by atoms with Gasteiger partial charge in [0, 0.05) is 38.4 Å². The molecular weight excluding hydrogens is 258 g/mol. The van der Waals surface area contributed by atoms with Crippen LogP contribution in [0.2, 0.25) is 0 Å². The SMILES string of the molecule is O=C(CCCl)NC(=O)NCCC(=O)N1CCCC1. The number of imide groups is 1. The Balaban J connectivity index is 2.11. The maximum absolute atomic E-state index is 11.6. The minimum absolute atomic E-state index is 0.0416. The monoisotopic (exact) mass is 275 g/mol. The molecule has 1 saturated heterocycles. The number of urea groups is 1. The molecule has 1 aliphatic rings. The van der Waals surface area contributed by atoms with Crippen molar-refractivity contribution in [3.63, 3.8) is 0 Å². The van der Waals surface area contributed by atoms with E-state index < -0.39 is 11.9 Å². The van der Waals surface area contributed by atoms with Crippen molar-refractivity contribution in [2.45, 2.75) is 25.7 Å². The van der Waals surface area contributed by atoms with Crippen LogP contribution in [-0.4, -0.2) is 48.3 Å². The van der Waals surface area contributed by atoms with Crippen molar-refractivity contribution < 1.29 is 14.4 Å². The summed E-state index contributed by atoms with van der Waals surface area (Å²) in [5.41, 5.74) is 0. The summed E-state index contributed by atoms with van der Waals surface area (Å²) in [6, 6.07) is -0.584. The molecule has 1 heterocycles. The van der Waals surface area contributed by atoms with Gasteiger partial charge in [-0.2, -0.15) is 0 Å². The fourth-order valence-electron chi connectivity index (χ4n) is 1.73. The standard InChI is InChI=1S/C11H18ClN3O3/c12-5-3-9(16)14-11(18)13-6-4-10(17)15-7-1-2-8-15/h1-8H2,(H2,13,14,16,18). The molecule has 0 saturated carbocycles. The van der Waals surface area contributed by atoms with Gasteiger partial charge in [-0.15, -0.1) is 11.6 Å². The maximum Gasteiger partial charge on any atom is 0.321 e. The third-order valence-corrected chi connectivity index (χ3v) is 2.85. The first-order valence-electron chi connectivity index (χ1n) is 6.05. The van der Waals surface area contributed by atoms with Crippen LogP contribution in [0.3, 0.4) is 0 Å². The van der Waals surface area contributed by atoms with Gasteiger partial charge in [0.25, 0.3) is 0 Å². The van der Waals surface area contributed by atoms with Crippen molar-refractivity contribution in [2.75, 3.05) is 25.5 Å². The van der Waals surface area contributed by atoms with Gasteiger partial charge in [-0.1, -0.05) is 0 Å². The minimum atomic E-state index is -0.584. The maximum atomic E-state index is 11.6. The van der Waals surface area contributed by atoms with Gasteiger partial charge in [-0.05, 0) is 12.8 Å². The smallest absolute Gasteiger partial charge is 0.321 e. The number of rotatable bonds is 5. The van der Waals surface area contributed by atoms with Crippen molar-refractivity contribution in [3.8, 4) is 0 Å². The number of carbonyl (C=O) groups is 3. The Kier molecular flexibility index (Phi) is 6.49. The van der Waals surface area contributed by atoms with E-state index in [1.165, 1.54) is 0 Å². The first-order chi connectivity index (χ1) is 8.63. The molecule has 1 aliphatic heterocycles. The molecule has 2 N–H and O–H groups in total. The lowest BCUT2D eigenvalue weighted by Crippen LogP contribution is -2.41. The summed E-state index contributed by atoms with van der Waals surface area (Å²) in [6.45, 7) is 1.84. The van der Waals surface area contributed by atoms with E-state index in [9.17, 15) is 14.4 Å². The van der Waals surface area contributed by atoms with Gasteiger partial charge in [0.1, 0.15) is 0 Å². The zero-order valence-electron chi connectivity index (χ0n) is 10.2. The van der Waals surface area contributed by atoms with Gasteiger partial charge < -0.3 is 10.2 Å². The Hall–Kier alpha value is -1.30. The van der Waals surface area contributed by atoms with E-state index >= 15 is 0 Å². The van der Waals surface area contributed by atoms with Crippen molar-refractivity contribution in [3.05, 3.63) is 0 Å². The van der Waals surface area contributed by atoms with E-state index in [4.69, 9.17) is 11.6 Å². The van der Waals surface area contributed by atoms with Gasteiger partial charge in [-0.3, -0.25) is 14.9 Å². The van der Waals surface area contributed by atoms with E-state index in [1.54, 1.807) is 4.90 Å². The van der Waals surface area contributed by atoms with Gasteiger partial charge in [-0.25, -0.2) is 4.79 Å². The molecule has 18 heavy (non-hydrogen) atoms. The molecule has 6 nitrogen and oxygen atoms in total. The Bertz CT molecular complexity index is 317. The summed E-state index contributed by atoms with van der Waals surface area (Å²) in [7, 11) is 0. The second-order valence-corrected chi connectivity index (χ2v) is 4.46. The van der Waals surface area contributed by atoms with E-state index in [0.717, 1.165) is 25.9 Å². The average molecular weight is 276 g/mol. The quantitative estimate of drug-likeness (QED) is 0.715. The minimum Gasteiger partial charge on any atom is -0.343 e. The Morgan fingerprint density at radius 3 is 2.39 bits per heavy atom. The van der Waals surface area contributed by atoms with Crippen molar-refractivity contribution >= 4 is 29.4 Å². The molecule has 1 rings (SSSR count). The lowest BCUT2D eigenvalue weighted by molar-refractivity contribution is -0.129. The number of hydrogen-bond donors (Lipinski definition) is 2. The fraction of sp³-hybridized carbons (Fsp3) is 0.727. The molecule has 0 aliphatic carbocycles. The van der Waals surface area contributed by atoms with E-state index in [1.807, 2.05) is 0 Å². The average Bonchev–Trinajstić information content (AvgIpc) is 2.82. The normalized spacial score (nSPS) is 14.4. The molecule has 0 unspecified atom stereocenters. The number of amides is 4. The van der Waals surface area contributed by atoms with Crippen molar-refractivity contribution in [1.29, 1.82) is 0 Å². The van der Waals surface area contributed by atoms with E-state index in [0.29, 0.717) is 0 Å². The molecule has 0 aromatic carbocycles. The highest BCUT2D eigenvalue weighted by Gasteiger charge is 2.17. The molecular formula is C11H18ClN3O3. The number of likely N-dealkylation sites (tertiary alicyclic amines) is 1. The fourth-order valence-corrected chi connectivity index (χ4v) is 1.90. The highest BCUT2D eigenvalue weighted by molar-refractivity contribution is 6.19. The van der Waals surface area contributed by atoms with Crippen molar-refractivity contribution in [1.82, 2.24) is 15.5 Å². The van der Waals surface area contributed by atoms with Gasteiger partial charge in [0.15, 0.2) is 0 Å². The Labute approximate surface area is 111 Å². The van der Waals surface area contributed by atoms with Crippen LogP contribution in [0.25, 0.3) is 0 Å². The number of halogens is 1. The van der Waals surface area contributed by atoms with Gasteiger partial charge >= 0.3 is 6.03 Å². The Morgan fingerprint density at radius 2 is 1.78 bits per heavy atom. The predicted octanol–water partition coefficient (Wildman–Crippen LogP) is 0.454. The number of nitrogens with one attached hydrogen (secondary N) is 2. The Morgan fingerprint density at radius 1 is 1.11 bits per heavy atom. The third-order valence-electron chi connectivity index (χ3n) is 2.66. The number of alkyl halides is 1. The molecule has 1 fully saturated rings. The summed E-state index contributed by atoms with van der Waals surface area (Å²) < 4.78 is 0. The highest BCUT2D eigenvalue weighted by Crippen LogP contribution is 2.08. The largest absolute Gasteiger partial charge is 0.343 e. The third kappa shape index (κ3) is 5.35. The molecule has 0 radical (unpaired) electrons. The van der Waals surface area contributed by atoms with Crippen LogP contribution in [0.1, 0.15) is 25.7 Å². The first-order valence-corrected chi connectivity index (χ1v) is 6.58. The van der Waals surface area contributed by atoms with Crippen LogP contribution < -0.4 is 10.6 Å². The van der Waals surface area contributed by atoms with Gasteiger partial charge in [0.2, 0.25) is 11.8 Å². The van der Waals surface area contributed by atoms with Crippen LogP contribution in [-0.2, 0) is 9.59 Å². The zero-order chi connectivity index (χ0) is 13.4. The molecule has 0 aromatic heterocycles. The number of carbonyl (C=O) groups excluding carboxylic acids is 3. The molecule has 0 aromatic rings. The van der Waals surface area contributed by atoms with Crippen LogP contribution in [0.15, 0.2) is 0 Å². The number of nitrogens with zero attached hydrogens (tertiary/aromatic N) is 1. The topological polar surface area (TPSA) is 78.5 Å². The molecule has 0 spiro atoms. The molecule has 4 amide bonds. The summed E-state index contributed by atoms with van der Waals surface area (Å²) in [4.78, 5) is 35.7. The predicted molar refractivity (Wildman–Crippen MR) is 67.3 cm³/mol. The summed E-state index contributed by atoms with van der Waals surface area (Å²) in [5.74, 6) is -0.208. The van der Waals surface area contributed by atoms with E-state index in [2.05, 4.69) is 10.6 Å².